The van der Waals surface area contributed by atoms with Gasteiger partial charge >= 0.3 is 5.97 Å². The van der Waals surface area contributed by atoms with E-state index in [0.29, 0.717) is 12.2 Å². The number of carbonyl (C=O) groups is 1. The quantitative estimate of drug-likeness (QED) is 0.464. The van der Waals surface area contributed by atoms with Gasteiger partial charge in [-0.1, -0.05) is 0 Å². The van der Waals surface area contributed by atoms with Gasteiger partial charge in [-0.15, -0.1) is 0 Å². The molecule has 1 aliphatic heterocycles. The number of hydrogen-bond donors (Lipinski definition) is 4. The van der Waals surface area contributed by atoms with Crippen LogP contribution in [0.1, 0.15) is 12.8 Å². The minimum absolute atomic E-state index is 0.0170. The number of nitrogens with zero attached hydrogens (tertiary/aromatic N) is 3. The summed E-state index contributed by atoms with van der Waals surface area (Å²) in [7, 11) is 0. The Labute approximate surface area is 128 Å². The molecule has 1 unspecified atom stereocenters. The number of nitrogens with two attached hydrogens (primary N) is 3. The van der Waals surface area contributed by atoms with Gasteiger partial charge in [0.25, 0.3) is 0 Å². The summed E-state index contributed by atoms with van der Waals surface area (Å²) in [5.41, 5.74) is 17.6. The van der Waals surface area contributed by atoms with Crippen molar-refractivity contribution in [1.29, 1.82) is 0 Å². The van der Waals surface area contributed by atoms with Crippen LogP contribution in [0.5, 0.6) is 0 Å². The summed E-state index contributed by atoms with van der Waals surface area (Å²) in [6.45, 7) is 1.37. The number of benzene rings is 1. The van der Waals surface area contributed by atoms with Crippen LogP contribution < -0.4 is 22.1 Å². The minimum Gasteiger partial charge on any atom is -0.481 e. The Morgan fingerprint density at radius 1 is 1.23 bits per heavy atom. The van der Waals surface area contributed by atoms with E-state index in [2.05, 4.69) is 14.9 Å². The van der Waals surface area contributed by atoms with Gasteiger partial charge in [-0.2, -0.15) is 4.99 Å². The molecule has 0 amide bonds. The van der Waals surface area contributed by atoms with Gasteiger partial charge in [-0.25, -0.2) is 4.99 Å². The Hall–Kier alpha value is -2.77. The molecule has 0 aliphatic carbocycles. The normalized spacial score (nSPS) is 18.8. The fraction of sp³-hybridized carbons (Fsp3) is 0.357. The van der Waals surface area contributed by atoms with Crippen molar-refractivity contribution in [2.24, 2.45) is 33.1 Å². The summed E-state index contributed by atoms with van der Waals surface area (Å²) >= 11 is 0. The van der Waals surface area contributed by atoms with Gasteiger partial charge in [-0.05, 0) is 37.1 Å². The standard InChI is InChI=1S/C14H20N6O2/c15-13(16)19-14(17)18-10-3-5-11(6-4-10)20-7-1-2-9(8-20)12(21)22/h3-6,9H,1-2,7-8H2,(H,21,22)(H6,15,16,17,18,19). The Balaban J connectivity index is 2.09. The lowest BCUT2D eigenvalue weighted by molar-refractivity contribution is -0.141. The number of rotatable bonds is 3. The molecule has 7 N–H and O–H groups in total. The molecule has 0 spiro atoms. The third-order valence-corrected chi connectivity index (χ3v) is 3.47. The highest BCUT2D eigenvalue weighted by molar-refractivity contribution is 5.93. The Bertz CT molecular complexity index is 592. The largest absolute Gasteiger partial charge is 0.481 e. The van der Waals surface area contributed by atoms with Crippen LogP contribution in [0.25, 0.3) is 0 Å². The highest BCUT2D eigenvalue weighted by Gasteiger charge is 2.25. The van der Waals surface area contributed by atoms with Crippen LogP contribution in [0.3, 0.4) is 0 Å². The number of carboxylic acids is 1. The maximum atomic E-state index is 11.1. The zero-order valence-corrected chi connectivity index (χ0v) is 12.1. The molecule has 2 rings (SSSR count). The van der Waals surface area contributed by atoms with Gasteiger partial charge < -0.3 is 27.2 Å². The number of piperidine rings is 1. The van der Waals surface area contributed by atoms with Crippen LogP contribution in [0.2, 0.25) is 0 Å². The fourth-order valence-electron chi connectivity index (χ4n) is 2.44. The molecule has 0 saturated carbocycles. The summed E-state index contributed by atoms with van der Waals surface area (Å²) < 4.78 is 0. The van der Waals surface area contributed by atoms with Crippen LogP contribution >= 0.6 is 0 Å². The van der Waals surface area contributed by atoms with Crippen LogP contribution in [-0.4, -0.2) is 36.1 Å². The van der Waals surface area contributed by atoms with Crippen molar-refractivity contribution in [3.63, 3.8) is 0 Å². The molecule has 1 aromatic rings. The summed E-state index contributed by atoms with van der Waals surface area (Å²) in [6.07, 6.45) is 1.59. The molecule has 8 heteroatoms. The van der Waals surface area contributed by atoms with Gasteiger partial charge in [0.05, 0.1) is 11.6 Å². The third-order valence-electron chi connectivity index (χ3n) is 3.47. The van der Waals surface area contributed by atoms with Crippen molar-refractivity contribution >= 4 is 29.3 Å². The highest BCUT2D eigenvalue weighted by Crippen LogP contribution is 2.25. The lowest BCUT2D eigenvalue weighted by Gasteiger charge is -2.32. The van der Waals surface area contributed by atoms with Crippen molar-refractivity contribution in [1.82, 2.24) is 0 Å². The molecule has 22 heavy (non-hydrogen) atoms. The molecule has 1 aliphatic rings. The molecule has 0 radical (unpaired) electrons. The first-order valence-corrected chi connectivity index (χ1v) is 6.97. The first-order chi connectivity index (χ1) is 10.5. The lowest BCUT2D eigenvalue weighted by atomic mass is 9.98. The zero-order chi connectivity index (χ0) is 16.1. The number of aliphatic imine (C=N–C) groups is 2. The van der Waals surface area contributed by atoms with E-state index in [-0.39, 0.29) is 17.8 Å². The molecule has 118 valence electrons. The average molecular weight is 304 g/mol. The Kier molecular flexibility index (Phi) is 4.82. The van der Waals surface area contributed by atoms with Crippen molar-refractivity contribution < 1.29 is 9.90 Å². The summed E-state index contributed by atoms with van der Waals surface area (Å²) in [4.78, 5) is 20.9. The first-order valence-electron chi connectivity index (χ1n) is 6.97. The van der Waals surface area contributed by atoms with Gasteiger partial charge in [0, 0.05) is 18.8 Å². The van der Waals surface area contributed by atoms with Gasteiger partial charge in [-0.3, -0.25) is 4.79 Å². The molecule has 1 aromatic carbocycles. The molecule has 1 saturated heterocycles. The maximum absolute atomic E-state index is 11.1. The van der Waals surface area contributed by atoms with Gasteiger partial charge in [0.15, 0.2) is 5.96 Å². The maximum Gasteiger partial charge on any atom is 0.308 e. The smallest absolute Gasteiger partial charge is 0.308 e. The Morgan fingerprint density at radius 3 is 2.50 bits per heavy atom. The monoisotopic (exact) mass is 304 g/mol. The van der Waals surface area contributed by atoms with E-state index in [0.717, 1.165) is 25.1 Å². The van der Waals surface area contributed by atoms with Crippen LogP contribution in [0, 0.1) is 5.92 Å². The summed E-state index contributed by atoms with van der Waals surface area (Å²) in [6, 6.07) is 7.33. The molecular formula is C14H20N6O2. The van der Waals surface area contributed by atoms with E-state index in [1.165, 1.54) is 0 Å². The second kappa shape index (κ2) is 6.79. The van der Waals surface area contributed by atoms with Gasteiger partial charge in [0.1, 0.15) is 0 Å². The van der Waals surface area contributed by atoms with E-state index >= 15 is 0 Å². The van der Waals surface area contributed by atoms with Crippen molar-refractivity contribution in [2.45, 2.75) is 12.8 Å². The van der Waals surface area contributed by atoms with E-state index in [9.17, 15) is 4.79 Å². The van der Waals surface area contributed by atoms with E-state index < -0.39 is 5.97 Å². The van der Waals surface area contributed by atoms with E-state index in [1.807, 2.05) is 12.1 Å². The predicted molar refractivity (Wildman–Crippen MR) is 86.1 cm³/mol. The number of anilines is 1. The molecule has 1 atom stereocenters. The number of carboxylic acid groups (broad SMARTS) is 1. The molecule has 1 fully saturated rings. The highest BCUT2D eigenvalue weighted by atomic mass is 16.4. The SMILES string of the molecule is NC(N)=NC(N)=Nc1ccc(N2CCCC(C(=O)O)C2)cc1. The van der Waals surface area contributed by atoms with Crippen LogP contribution in [0.15, 0.2) is 34.3 Å². The number of hydrogen-bond acceptors (Lipinski definition) is 3. The van der Waals surface area contributed by atoms with E-state index in [1.54, 1.807) is 12.1 Å². The second-order valence-electron chi connectivity index (χ2n) is 5.15. The minimum atomic E-state index is -0.740. The fourth-order valence-corrected chi connectivity index (χ4v) is 2.44. The van der Waals surface area contributed by atoms with Crippen molar-refractivity contribution in [3.8, 4) is 0 Å². The third kappa shape index (κ3) is 4.11. The molecule has 8 nitrogen and oxygen atoms in total. The second-order valence-corrected chi connectivity index (χ2v) is 5.15. The van der Waals surface area contributed by atoms with Gasteiger partial charge in [0.2, 0.25) is 5.96 Å². The topological polar surface area (TPSA) is 143 Å². The van der Waals surface area contributed by atoms with Crippen LogP contribution in [0.4, 0.5) is 11.4 Å². The molecule has 1 heterocycles. The summed E-state index contributed by atoms with van der Waals surface area (Å²) in [5, 5.41) is 9.13. The average Bonchev–Trinajstić information content (AvgIpc) is 2.47. The first kappa shape index (κ1) is 15.6. The lowest BCUT2D eigenvalue weighted by Crippen LogP contribution is -2.38. The Morgan fingerprint density at radius 2 is 1.91 bits per heavy atom. The number of guanidine groups is 2. The molecule has 0 bridgehead atoms. The predicted octanol–water partition coefficient (Wildman–Crippen LogP) is 0.207. The molecular weight excluding hydrogens is 284 g/mol. The van der Waals surface area contributed by atoms with Crippen LogP contribution in [-0.2, 0) is 4.79 Å². The summed E-state index contributed by atoms with van der Waals surface area (Å²) in [5.74, 6) is -1.22. The zero-order valence-electron chi connectivity index (χ0n) is 12.1. The van der Waals surface area contributed by atoms with Crippen molar-refractivity contribution in [3.05, 3.63) is 24.3 Å². The van der Waals surface area contributed by atoms with E-state index in [4.69, 9.17) is 22.3 Å². The number of aliphatic carboxylic acids is 1. The van der Waals surface area contributed by atoms with Crippen molar-refractivity contribution in [2.75, 3.05) is 18.0 Å². The molecule has 0 aromatic heterocycles.